The molecule has 19 heavy (non-hydrogen) atoms. The summed E-state index contributed by atoms with van der Waals surface area (Å²) in [6.45, 7) is 4.13. The van der Waals surface area contributed by atoms with E-state index in [4.69, 9.17) is 0 Å². The molecule has 3 rings (SSSR count). The van der Waals surface area contributed by atoms with Crippen LogP contribution in [0.5, 0.6) is 0 Å². The Bertz CT molecular complexity index is 684. The molecule has 1 aromatic carbocycles. The van der Waals surface area contributed by atoms with Crippen LogP contribution in [0.3, 0.4) is 0 Å². The predicted molar refractivity (Wildman–Crippen MR) is 86.6 cm³/mol. The lowest BCUT2D eigenvalue weighted by Gasteiger charge is -2.05. The molecular weight excluding hydrogens is 340 g/mol. The minimum atomic E-state index is 0.305. The SMILES string of the molecule is Cc1nc(C)c(C(Br)Cc2nc3ccccc3s2)s1. The first-order chi connectivity index (χ1) is 9.13. The highest BCUT2D eigenvalue weighted by molar-refractivity contribution is 9.09. The second-order valence-electron chi connectivity index (χ2n) is 4.43. The summed E-state index contributed by atoms with van der Waals surface area (Å²) in [6.07, 6.45) is 0.918. The van der Waals surface area contributed by atoms with Gasteiger partial charge >= 0.3 is 0 Å². The highest BCUT2D eigenvalue weighted by atomic mass is 79.9. The predicted octanol–water partition coefficient (Wildman–Crippen LogP) is 5.05. The zero-order chi connectivity index (χ0) is 13.4. The first-order valence-corrected chi connectivity index (χ1v) is 8.61. The molecule has 5 heteroatoms. The van der Waals surface area contributed by atoms with Gasteiger partial charge in [-0.2, -0.15) is 0 Å². The molecule has 0 fully saturated rings. The number of fused-ring (bicyclic) bond motifs is 1. The maximum absolute atomic E-state index is 4.69. The van der Waals surface area contributed by atoms with Crippen molar-refractivity contribution >= 4 is 48.8 Å². The van der Waals surface area contributed by atoms with E-state index in [1.165, 1.54) is 14.6 Å². The van der Waals surface area contributed by atoms with Gasteiger partial charge < -0.3 is 0 Å². The van der Waals surface area contributed by atoms with E-state index in [-0.39, 0.29) is 0 Å². The van der Waals surface area contributed by atoms with E-state index >= 15 is 0 Å². The number of hydrogen-bond donors (Lipinski definition) is 0. The third kappa shape index (κ3) is 2.73. The number of aromatic nitrogens is 2. The summed E-state index contributed by atoms with van der Waals surface area (Å²) in [5, 5.41) is 2.30. The quantitative estimate of drug-likeness (QED) is 0.616. The normalized spacial score (nSPS) is 13.0. The smallest absolute Gasteiger partial charge is 0.0953 e. The summed E-state index contributed by atoms with van der Waals surface area (Å²) >= 11 is 7.32. The van der Waals surface area contributed by atoms with E-state index in [1.54, 1.807) is 22.7 Å². The first-order valence-electron chi connectivity index (χ1n) is 6.06. The van der Waals surface area contributed by atoms with Crippen LogP contribution in [0.4, 0.5) is 0 Å². The third-order valence-corrected chi connectivity index (χ3v) is 6.25. The van der Waals surface area contributed by atoms with Gasteiger partial charge in [0.25, 0.3) is 0 Å². The summed E-state index contributed by atoms with van der Waals surface area (Å²) in [6, 6.07) is 8.29. The van der Waals surface area contributed by atoms with E-state index in [0.29, 0.717) is 4.83 Å². The van der Waals surface area contributed by atoms with Crippen molar-refractivity contribution in [2.75, 3.05) is 0 Å². The van der Waals surface area contributed by atoms with Gasteiger partial charge in [0.1, 0.15) is 0 Å². The second-order valence-corrected chi connectivity index (χ2v) is 7.88. The van der Waals surface area contributed by atoms with Crippen molar-refractivity contribution in [1.82, 2.24) is 9.97 Å². The van der Waals surface area contributed by atoms with E-state index < -0.39 is 0 Å². The van der Waals surface area contributed by atoms with E-state index in [9.17, 15) is 0 Å². The van der Waals surface area contributed by atoms with Crippen molar-refractivity contribution in [2.45, 2.75) is 25.1 Å². The minimum Gasteiger partial charge on any atom is -0.247 e. The monoisotopic (exact) mass is 352 g/mol. The molecule has 2 nitrogen and oxygen atoms in total. The molecule has 1 unspecified atom stereocenters. The maximum atomic E-state index is 4.69. The van der Waals surface area contributed by atoms with Gasteiger partial charge in [-0.1, -0.05) is 28.1 Å². The van der Waals surface area contributed by atoms with Gasteiger partial charge in [-0.25, -0.2) is 9.97 Å². The van der Waals surface area contributed by atoms with Crippen molar-refractivity contribution in [3.05, 3.63) is 44.9 Å². The largest absolute Gasteiger partial charge is 0.247 e. The first kappa shape index (κ1) is 13.2. The van der Waals surface area contributed by atoms with Gasteiger partial charge in [0.2, 0.25) is 0 Å². The van der Waals surface area contributed by atoms with E-state index in [2.05, 4.69) is 57.9 Å². The lowest BCUT2D eigenvalue weighted by atomic mass is 10.2. The van der Waals surface area contributed by atoms with Crippen LogP contribution in [0.2, 0.25) is 0 Å². The second kappa shape index (κ2) is 5.31. The molecular formula is C14H13BrN2S2. The molecule has 0 aliphatic heterocycles. The summed E-state index contributed by atoms with van der Waals surface area (Å²) in [5.74, 6) is 0. The molecule has 1 atom stereocenters. The van der Waals surface area contributed by atoms with Gasteiger partial charge in [0.05, 0.1) is 30.8 Å². The number of hydrogen-bond acceptors (Lipinski definition) is 4. The fraction of sp³-hybridized carbons (Fsp3) is 0.286. The van der Waals surface area contributed by atoms with Crippen molar-refractivity contribution in [2.24, 2.45) is 0 Å². The number of benzene rings is 1. The maximum Gasteiger partial charge on any atom is 0.0953 e. The minimum absolute atomic E-state index is 0.305. The van der Waals surface area contributed by atoms with Crippen LogP contribution < -0.4 is 0 Å². The Kier molecular flexibility index (Phi) is 3.69. The molecule has 0 aliphatic rings. The Morgan fingerprint density at radius 1 is 1.16 bits per heavy atom. The van der Waals surface area contributed by atoms with Crippen LogP contribution in [-0.2, 0) is 6.42 Å². The average molecular weight is 353 g/mol. The van der Waals surface area contributed by atoms with Gasteiger partial charge in [0.15, 0.2) is 0 Å². The molecule has 0 aliphatic carbocycles. The molecule has 0 saturated carbocycles. The van der Waals surface area contributed by atoms with E-state index in [0.717, 1.165) is 22.6 Å². The Morgan fingerprint density at radius 2 is 1.95 bits per heavy atom. The lowest BCUT2D eigenvalue weighted by Crippen LogP contribution is -1.94. The number of alkyl halides is 1. The molecule has 98 valence electrons. The number of nitrogens with zero attached hydrogens (tertiary/aromatic N) is 2. The molecule has 2 heterocycles. The van der Waals surface area contributed by atoms with Crippen LogP contribution in [0.15, 0.2) is 24.3 Å². The Morgan fingerprint density at radius 3 is 2.63 bits per heavy atom. The zero-order valence-electron chi connectivity index (χ0n) is 10.7. The topological polar surface area (TPSA) is 25.8 Å². The molecule has 0 bridgehead atoms. The van der Waals surface area contributed by atoms with Crippen LogP contribution in [0, 0.1) is 13.8 Å². The molecule has 3 aromatic rings. The van der Waals surface area contributed by atoms with Crippen molar-refractivity contribution in [3.8, 4) is 0 Å². The van der Waals surface area contributed by atoms with Crippen LogP contribution in [0.25, 0.3) is 10.2 Å². The third-order valence-electron chi connectivity index (χ3n) is 2.92. The molecule has 0 N–H and O–H groups in total. The number of para-hydroxylation sites is 1. The van der Waals surface area contributed by atoms with Crippen molar-refractivity contribution in [1.29, 1.82) is 0 Å². The number of halogens is 1. The highest BCUT2D eigenvalue weighted by Gasteiger charge is 2.17. The van der Waals surface area contributed by atoms with Gasteiger partial charge in [-0.3, -0.25) is 0 Å². The zero-order valence-corrected chi connectivity index (χ0v) is 13.9. The summed E-state index contributed by atoms with van der Waals surface area (Å²) < 4.78 is 1.26. The summed E-state index contributed by atoms with van der Waals surface area (Å²) in [7, 11) is 0. The van der Waals surface area contributed by atoms with Crippen LogP contribution in [0.1, 0.15) is 25.4 Å². The summed E-state index contributed by atoms with van der Waals surface area (Å²) in [4.78, 5) is 10.8. The molecule has 2 aromatic heterocycles. The molecule has 0 radical (unpaired) electrons. The Labute approximate surface area is 128 Å². The Balaban J connectivity index is 1.86. The van der Waals surface area contributed by atoms with Gasteiger partial charge in [0, 0.05) is 11.3 Å². The molecule has 0 spiro atoms. The highest BCUT2D eigenvalue weighted by Crippen LogP contribution is 2.35. The standard InChI is InChI=1S/C14H13BrN2S2/c1-8-14(18-9(2)16-8)10(15)7-13-17-11-5-3-4-6-12(11)19-13/h3-6,10H,7H2,1-2H3. The molecule has 0 saturated heterocycles. The lowest BCUT2D eigenvalue weighted by molar-refractivity contribution is 0.940. The van der Waals surface area contributed by atoms with Crippen molar-refractivity contribution in [3.63, 3.8) is 0 Å². The number of rotatable bonds is 3. The fourth-order valence-electron chi connectivity index (χ4n) is 2.09. The number of aryl methyl sites for hydroxylation is 2. The fourth-order valence-corrected chi connectivity index (χ4v) is 5.14. The van der Waals surface area contributed by atoms with E-state index in [1.807, 2.05) is 6.07 Å². The average Bonchev–Trinajstić information content (AvgIpc) is 2.91. The van der Waals surface area contributed by atoms with Gasteiger partial charge in [-0.15, -0.1) is 22.7 Å². The van der Waals surface area contributed by atoms with Gasteiger partial charge in [-0.05, 0) is 26.0 Å². The summed E-state index contributed by atoms with van der Waals surface area (Å²) in [5.41, 5.74) is 2.23. The number of thiazole rings is 2. The van der Waals surface area contributed by atoms with Crippen LogP contribution >= 0.6 is 38.6 Å². The van der Waals surface area contributed by atoms with Crippen molar-refractivity contribution < 1.29 is 0 Å². The molecule has 0 amide bonds. The van der Waals surface area contributed by atoms with Crippen LogP contribution in [-0.4, -0.2) is 9.97 Å². The Hall–Kier alpha value is -0.780.